The lowest BCUT2D eigenvalue weighted by molar-refractivity contribution is 0.763. The van der Waals surface area contributed by atoms with Crippen LogP contribution in [-0.2, 0) is 6.42 Å². The molecule has 0 radical (unpaired) electrons. The zero-order valence-corrected chi connectivity index (χ0v) is 10.4. The van der Waals surface area contributed by atoms with Crippen molar-refractivity contribution in [1.82, 2.24) is 0 Å². The standard InChI is InChI=1S/C16H21N/c1-2-3-4-5-6-7-13-8-9-14-12-15(17)10-11-16(13)14/h2,7,10-12H,1,3-6,8-9,17H2/b13-7+. The Balaban J connectivity index is 1.96. The molecule has 0 spiro atoms. The van der Waals surface area contributed by atoms with E-state index in [9.17, 15) is 0 Å². The van der Waals surface area contributed by atoms with Gasteiger partial charge in [0, 0.05) is 5.69 Å². The van der Waals surface area contributed by atoms with Crippen molar-refractivity contribution in [3.05, 3.63) is 48.1 Å². The number of anilines is 1. The molecule has 17 heavy (non-hydrogen) atoms. The van der Waals surface area contributed by atoms with Crippen molar-refractivity contribution >= 4 is 11.3 Å². The summed E-state index contributed by atoms with van der Waals surface area (Å²) in [6.07, 6.45) is 11.6. The molecule has 0 aliphatic heterocycles. The summed E-state index contributed by atoms with van der Waals surface area (Å²) in [7, 11) is 0. The van der Waals surface area contributed by atoms with Crippen LogP contribution in [0.3, 0.4) is 0 Å². The first-order valence-corrected chi connectivity index (χ1v) is 6.50. The minimum absolute atomic E-state index is 0.885. The largest absolute Gasteiger partial charge is 0.399 e. The van der Waals surface area contributed by atoms with E-state index in [0.29, 0.717) is 0 Å². The molecule has 1 heteroatoms. The Morgan fingerprint density at radius 1 is 1.18 bits per heavy atom. The SMILES string of the molecule is C=CCCCC/C=C1\CCc2cc(N)ccc21. The van der Waals surface area contributed by atoms with Gasteiger partial charge in [-0.2, -0.15) is 0 Å². The van der Waals surface area contributed by atoms with Crippen molar-refractivity contribution in [2.24, 2.45) is 0 Å². The summed E-state index contributed by atoms with van der Waals surface area (Å²) < 4.78 is 0. The number of allylic oxidation sites excluding steroid dienone is 3. The second-order valence-electron chi connectivity index (χ2n) is 4.72. The highest BCUT2D eigenvalue weighted by molar-refractivity contribution is 5.74. The second kappa shape index (κ2) is 5.72. The van der Waals surface area contributed by atoms with Crippen LogP contribution in [0.2, 0.25) is 0 Å². The van der Waals surface area contributed by atoms with Crippen LogP contribution >= 0.6 is 0 Å². The highest BCUT2D eigenvalue weighted by atomic mass is 14.5. The van der Waals surface area contributed by atoms with Gasteiger partial charge in [-0.1, -0.05) is 18.2 Å². The summed E-state index contributed by atoms with van der Waals surface area (Å²) >= 11 is 0. The van der Waals surface area contributed by atoms with Gasteiger partial charge < -0.3 is 5.73 Å². The molecule has 2 N–H and O–H groups in total. The quantitative estimate of drug-likeness (QED) is 0.452. The molecule has 1 nitrogen and oxygen atoms in total. The minimum atomic E-state index is 0.885. The van der Waals surface area contributed by atoms with Crippen LogP contribution in [0.25, 0.3) is 5.57 Å². The van der Waals surface area contributed by atoms with E-state index in [1.807, 2.05) is 12.1 Å². The van der Waals surface area contributed by atoms with Gasteiger partial charge in [-0.05, 0) is 67.4 Å². The van der Waals surface area contributed by atoms with Gasteiger partial charge >= 0.3 is 0 Å². The molecule has 1 aromatic carbocycles. The predicted octanol–water partition coefficient (Wildman–Crippen LogP) is 4.34. The molecule has 0 amide bonds. The molecular formula is C16H21N. The molecule has 1 aliphatic rings. The summed E-state index contributed by atoms with van der Waals surface area (Å²) in [4.78, 5) is 0. The van der Waals surface area contributed by atoms with Crippen LogP contribution in [0.15, 0.2) is 36.9 Å². The molecule has 0 heterocycles. The van der Waals surface area contributed by atoms with Gasteiger partial charge in [0.05, 0.1) is 0 Å². The smallest absolute Gasteiger partial charge is 0.0317 e. The van der Waals surface area contributed by atoms with Gasteiger partial charge in [-0.3, -0.25) is 0 Å². The number of unbranched alkanes of at least 4 members (excludes halogenated alkanes) is 3. The molecule has 1 aliphatic carbocycles. The minimum Gasteiger partial charge on any atom is -0.399 e. The molecule has 2 rings (SSSR count). The number of hydrogen-bond donors (Lipinski definition) is 1. The fraction of sp³-hybridized carbons (Fsp3) is 0.375. The molecule has 0 bridgehead atoms. The van der Waals surface area contributed by atoms with Crippen molar-refractivity contribution < 1.29 is 0 Å². The van der Waals surface area contributed by atoms with Crippen LogP contribution < -0.4 is 5.73 Å². The van der Waals surface area contributed by atoms with E-state index < -0.39 is 0 Å². The van der Waals surface area contributed by atoms with Crippen LogP contribution in [0.5, 0.6) is 0 Å². The third kappa shape index (κ3) is 3.00. The molecule has 0 atom stereocenters. The van der Waals surface area contributed by atoms with E-state index in [-0.39, 0.29) is 0 Å². The summed E-state index contributed by atoms with van der Waals surface area (Å²) in [5.41, 5.74) is 11.0. The van der Waals surface area contributed by atoms with Gasteiger partial charge in [-0.25, -0.2) is 0 Å². The van der Waals surface area contributed by atoms with Crippen molar-refractivity contribution in [2.45, 2.75) is 38.5 Å². The number of fused-ring (bicyclic) bond motifs is 1. The summed E-state index contributed by atoms with van der Waals surface area (Å²) in [6.45, 7) is 3.75. The normalized spacial score (nSPS) is 16.1. The van der Waals surface area contributed by atoms with Crippen molar-refractivity contribution in [1.29, 1.82) is 0 Å². The van der Waals surface area contributed by atoms with E-state index in [4.69, 9.17) is 5.73 Å². The van der Waals surface area contributed by atoms with Crippen molar-refractivity contribution in [3.63, 3.8) is 0 Å². The first-order chi connectivity index (χ1) is 8.31. The molecule has 0 saturated heterocycles. The number of benzene rings is 1. The predicted molar refractivity (Wildman–Crippen MR) is 75.8 cm³/mol. The van der Waals surface area contributed by atoms with Crippen LogP contribution in [0.1, 0.15) is 43.2 Å². The highest BCUT2D eigenvalue weighted by Gasteiger charge is 2.15. The zero-order valence-electron chi connectivity index (χ0n) is 10.4. The fourth-order valence-electron chi connectivity index (χ4n) is 2.46. The second-order valence-corrected chi connectivity index (χ2v) is 4.72. The Bertz CT molecular complexity index is 429. The van der Waals surface area contributed by atoms with E-state index in [2.05, 4.69) is 24.8 Å². The fourth-order valence-corrected chi connectivity index (χ4v) is 2.46. The van der Waals surface area contributed by atoms with E-state index in [0.717, 1.165) is 18.5 Å². The van der Waals surface area contributed by atoms with Crippen LogP contribution in [0.4, 0.5) is 5.69 Å². The molecule has 0 unspecified atom stereocenters. The maximum absolute atomic E-state index is 5.80. The van der Waals surface area contributed by atoms with Gasteiger partial charge in [0.15, 0.2) is 0 Å². The lowest BCUT2D eigenvalue weighted by atomic mass is 10.0. The van der Waals surface area contributed by atoms with E-state index in [1.54, 1.807) is 0 Å². The third-order valence-electron chi connectivity index (χ3n) is 3.39. The molecule has 0 aromatic heterocycles. The Labute approximate surface area is 104 Å². The summed E-state index contributed by atoms with van der Waals surface area (Å²) in [5.74, 6) is 0. The first kappa shape index (κ1) is 12.0. The van der Waals surface area contributed by atoms with Gasteiger partial charge in [0.1, 0.15) is 0 Å². The Morgan fingerprint density at radius 2 is 2.00 bits per heavy atom. The van der Waals surface area contributed by atoms with Gasteiger partial charge in [0.25, 0.3) is 0 Å². The molecule has 90 valence electrons. The molecule has 0 fully saturated rings. The van der Waals surface area contributed by atoms with E-state index >= 15 is 0 Å². The summed E-state index contributed by atoms with van der Waals surface area (Å²) in [5, 5.41) is 0. The number of nitrogen functional groups attached to an aromatic ring is 1. The third-order valence-corrected chi connectivity index (χ3v) is 3.39. The average Bonchev–Trinajstić information content (AvgIpc) is 2.71. The lowest BCUT2D eigenvalue weighted by Crippen LogP contribution is -1.87. The maximum atomic E-state index is 5.80. The van der Waals surface area contributed by atoms with Gasteiger partial charge in [-0.15, -0.1) is 6.58 Å². The Kier molecular flexibility index (Phi) is 4.03. The van der Waals surface area contributed by atoms with Crippen LogP contribution in [0, 0.1) is 0 Å². The monoisotopic (exact) mass is 227 g/mol. The summed E-state index contributed by atoms with van der Waals surface area (Å²) in [6, 6.07) is 6.30. The molecular weight excluding hydrogens is 206 g/mol. The zero-order chi connectivity index (χ0) is 12.1. The number of rotatable bonds is 5. The molecule has 0 saturated carbocycles. The van der Waals surface area contributed by atoms with Gasteiger partial charge in [0.2, 0.25) is 0 Å². The van der Waals surface area contributed by atoms with Crippen molar-refractivity contribution in [2.75, 3.05) is 5.73 Å². The highest BCUT2D eigenvalue weighted by Crippen LogP contribution is 2.33. The number of aryl methyl sites for hydroxylation is 1. The number of hydrogen-bond acceptors (Lipinski definition) is 1. The topological polar surface area (TPSA) is 26.0 Å². The van der Waals surface area contributed by atoms with Crippen LogP contribution in [-0.4, -0.2) is 0 Å². The lowest BCUT2D eigenvalue weighted by Gasteiger charge is -2.02. The Morgan fingerprint density at radius 3 is 2.82 bits per heavy atom. The van der Waals surface area contributed by atoms with E-state index in [1.165, 1.54) is 42.4 Å². The average molecular weight is 227 g/mol. The first-order valence-electron chi connectivity index (χ1n) is 6.50. The molecule has 1 aromatic rings. The maximum Gasteiger partial charge on any atom is 0.0317 e. The van der Waals surface area contributed by atoms with Crippen molar-refractivity contribution in [3.8, 4) is 0 Å². The Hall–Kier alpha value is -1.50. The number of nitrogens with two attached hydrogens (primary N) is 1.